The van der Waals surface area contributed by atoms with Gasteiger partial charge in [0.05, 0.1) is 4.90 Å². The minimum absolute atomic E-state index is 0.101. The minimum Gasteiger partial charge on any atom is -0.348 e. The molecule has 0 aliphatic heterocycles. The Labute approximate surface area is 183 Å². The summed E-state index contributed by atoms with van der Waals surface area (Å²) in [5.74, 6) is -0.101. The van der Waals surface area contributed by atoms with E-state index in [4.69, 9.17) is 0 Å². The molecule has 0 unspecified atom stereocenters. The Morgan fingerprint density at radius 3 is 2.42 bits per heavy atom. The van der Waals surface area contributed by atoms with Gasteiger partial charge in [0.2, 0.25) is 10.0 Å². The maximum absolute atomic E-state index is 13.2. The van der Waals surface area contributed by atoms with Crippen LogP contribution in [-0.2, 0) is 16.6 Å². The molecule has 0 atom stereocenters. The third-order valence-electron chi connectivity index (χ3n) is 6.01. The molecule has 3 aromatic rings. The van der Waals surface area contributed by atoms with Crippen molar-refractivity contribution in [2.24, 2.45) is 0 Å². The molecule has 0 saturated heterocycles. The number of sulfonamides is 1. The highest BCUT2D eigenvalue weighted by Gasteiger charge is 2.23. The van der Waals surface area contributed by atoms with Gasteiger partial charge in [-0.2, -0.15) is 0 Å². The molecule has 6 nitrogen and oxygen atoms in total. The van der Waals surface area contributed by atoms with E-state index in [2.05, 4.69) is 5.32 Å². The molecule has 0 spiro atoms. The summed E-state index contributed by atoms with van der Waals surface area (Å²) in [6.07, 6.45) is 5.53. The number of nitrogens with zero attached hydrogens (tertiary/aromatic N) is 2. The SMILES string of the molecule is CN(C)S(=O)(=O)c1ccc2c(c1)cc(C(=O)NC1CCCCC1)n2Cc1ccccc1. The first-order chi connectivity index (χ1) is 14.9. The maximum Gasteiger partial charge on any atom is 0.268 e. The smallest absolute Gasteiger partial charge is 0.268 e. The number of rotatable bonds is 6. The summed E-state index contributed by atoms with van der Waals surface area (Å²) < 4.78 is 28.4. The fraction of sp³-hybridized carbons (Fsp3) is 0.375. The van der Waals surface area contributed by atoms with Crippen LogP contribution >= 0.6 is 0 Å². The standard InChI is InChI=1S/C24H29N3O3S/c1-26(2)31(29,30)21-13-14-22-19(15-21)16-23(24(28)25-20-11-7-4-8-12-20)27(22)17-18-9-5-3-6-10-18/h3,5-6,9-10,13-16,20H,4,7-8,11-12,17H2,1-2H3,(H,25,28). The number of hydrogen-bond donors (Lipinski definition) is 1. The Bertz CT molecular complexity index is 1180. The number of amides is 1. The molecule has 164 valence electrons. The van der Waals surface area contributed by atoms with Crippen molar-refractivity contribution in [2.45, 2.75) is 49.6 Å². The normalized spacial score (nSPS) is 15.5. The van der Waals surface area contributed by atoms with Gasteiger partial charge in [0.25, 0.3) is 5.91 Å². The maximum atomic E-state index is 13.2. The molecule has 1 aromatic heterocycles. The van der Waals surface area contributed by atoms with Gasteiger partial charge < -0.3 is 9.88 Å². The van der Waals surface area contributed by atoms with Crippen LogP contribution in [-0.4, -0.2) is 43.3 Å². The lowest BCUT2D eigenvalue weighted by Crippen LogP contribution is -2.37. The Hall–Kier alpha value is -2.64. The van der Waals surface area contributed by atoms with Gasteiger partial charge in [0.15, 0.2) is 0 Å². The fourth-order valence-corrected chi connectivity index (χ4v) is 5.19. The third kappa shape index (κ3) is 4.52. The average molecular weight is 440 g/mol. The van der Waals surface area contributed by atoms with Crippen LogP contribution in [0.15, 0.2) is 59.5 Å². The van der Waals surface area contributed by atoms with E-state index in [9.17, 15) is 13.2 Å². The van der Waals surface area contributed by atoms with Crippen molar-refractivity contribution in [3.05, 3.63) is 65.9 Å². The largest absolute Gasteiger partial charge is 0.348 e. The predicted octanol–water partition coefficient (Wildman–Crippen LogP) is 4.00. The van der Waals surface area contributed by atoms with Gasteiger partial charge in [-0.1, -0.05) is 49.6 Å². The lowest BCUT2D eigenvalue weighted by Gasteiger charge is -2.23. The summed E-state index contributed by atoms with van der Waals surface area (Å²) in [5.41, 5.74) is 2.48. The molecule has 0 bridgehead atoms. The van der Waals surface area contributed by atoms with Crippen molar-refractivity contribution >= 4 is 26.8 Å². The molecule has 1 heterocycles. The number of nitrogens with one attached hydrogen (secondary N) is 1. The second-order valence-corrected chi connectivity index (χ2v) is 10.6. The van der Waals surface area contributed by atoms with E-state index in [0.29, 0.717) is 12.2 Å². The molecule has 1 aliphatic rings. The van der Waals surface area contributed by atoms with Gasteiger partial charge in [-0.3, -0.25) is 4.79 Å². The highest BCUT2D eigenvalue weighted by molar-refractivity contribution is 7.89. The van der Waals surface area contributed by atoms with E-state index in [0.717, 1.165) is 42.1 Å². The van der Waals surface area contributed by atoms with Crippen molar-refractivity contribution < 1.29 is 13.2 Å². The zero-order chi connectivity index (χ0) is 22.0. The van der Waals surface area contributed by atoms with E-state index in [1.54, 1.807) is 18.2 Å². The summed E-state index contributed by atoms with van der Waals surface area (Å²) in [6, 6.07) is 17.1. The van der Waals surface area contributed by atoms with Crippen molar-refractivity contribution in [1.82, 2.24) is 14.2 Å². The topological polar surface area (TPSA) is 71.4 Å². The van der Waals surface area contributed by atoms with Gasteiger partial charge in [-0.15, -0.1) is 0 Å². The zero-order valence-electron chi connectivity index (χ0n) is 18.0. The first-order valence-corrected chi connectivity index (χ1v) is 12.2. The minimum atomic E-state index is -3.55. The Balaban J connectivity index is 1.76. The molecule has 1 amide bonds. The first-order valence-electron chi connectivity index (χ1n) is 10.8. The summed E-state index contributed by atoms with van der Waals surface area (Å²) >= 11 is 0. The van der Waals surface area contributed by atoms with Gasteiger partial charge in [0, 0.05) is 37.6 Å². The van der Waals surface area contributed by atoms with Crippen LogP contribution in [0.1, 0.15) is 48.2 Å². The van der Waals surface area contributed by atoms with Crippen LogP contribution in [0.2, 0.25) is 0 Å². The fourth-order valence-electron chi connectivity index (χ4n) is 4.25. The van der Waals surface area contributed by atoms with Crippen molar-refractivity contribution in [3.8, 4) is 0 Å². The summed E-state index contributed by atoms with van der Waals surface area (Å²) in [6.45, 7) is 0.539. The van der Waals surface area contributed by atoms with Gasteiger partial charge in [-0.25, -0.2) is 12.7 Å². The highest BCUT2D eigenvalue weighted by Crippen LogP contribution is 2.26. The molecule has 31 heavy (non-hydrogen) atoms. The molecule has 1 N–H and O–H groups in total. The lowest BCUT2D eigenvalue weighted by atomic mass is 9.95. The number of hydrogen-bond acceptors (Lipinski definition) is 3. The van der Waals surface area contributed by atoms with E-state index in [1.807, 2.05) is 41.0 Å². The van der Waals surface area contributed by atoms with Crippen LogP contribution in [0.4, 0.5) is 0 Å². The van der Waals surface area contributed by atoms with Gasteiger partial charge >= 0.3 is 0 Å². The van der Waals surface area contributed by atoms with Crippen molar-refractivity contribution in [1.29, 1.82) is 0 Å². The molecule has 4 rings (SSSR count). The molecule has 1 fully saturated rings. The van der Waals surface area contributed by atoms with Crippen LogP contribution in [0, 0.1) is 0 Å². The number of aromatic nitrogens is 1. The highest BCUT2D eigenvalue weighted by atomic mass is 32.2. The predicted molar refractivity (Wildman–Crippen MR) is 123 cm³/mol. The Morgan fingerprint density at radius 1 is 1.03 bits per heavy atom. The number of carbonyl (C=O) groups is 1. The summed E-state index contributed by atoms with van der Waals surface area (Å²) in [5, 5.41) is 3.94. The van der Waals surface area contributed by atoms with Crippen LogP contribution in [0.5, 0.6) is 0 Å². The monoisotopic (exact) mass is 439 g/mol. The number of carbonyl (C=O) groups excluding carboxylic acids is 1. The quantitative estimate of drug-likeness (QED) is 0.631. The van der Waals surface area contributed by atoms with Crippen LogP contribution in [0.3, 0.4) is 0 Å². The Morgan fingerprint density at radius 2 is 1.74 bits per heavy atom. The molecular weight excluding hydrogens is 410 g/mol. The van der Waals surface area contributed by atoms with Crippen molar-refractivity contribution in [2.75, 3.05) is 14.1 Å². The average Bonchev–Trinajstić information content (AvgIpc) is 3.13. The van der Waals surface area contributed by atoms with E-state index >= 15 is 0 Å². The van der Waals surface area contributed by atoms with Crippen molar-refractivity contribution in [3.63, 3.8) is 0 Å². The Kier molecular flexibility index (Phi) is 6.16. The van der Waals surface area contributed by atoms with Crippen LogP contribution in [0.25, 0.3) is 10.9 Å². The summed E-state index contributed by atoms with van der Waals surface area (Å²) in [4.78, 5) is 13.4. The molecule has 2 aromatic carbocycles. The molecule has 1 aliphatic carbocycles. The van der Waals surface area contributed by atoms with Gasteiger partial charge in [0.1, 0.15) is 5.69 Å². The molecular formula is C24H29N3O3S. The lowest BCUT2D eigenvalue weighted by molar-refractivity contribution is 0.0919. The molecule has 7 heteroatoms. The van der Waals surface area contributed by atoms with Gasteiger partial charge in [-0.05, 0) is 42.7 Å². The summed E-state index contributed by atoms with van der Waals surface area (Å²) in [7, 11) is -0.516. The second-order valence-electron chi connectivity index (χ2n) is 8.42. The number of fused-ring (bicyclic) bond motifs is 1. The third-order valence-corrected chi connectivity index (χ3v) is 7.82. The molecule has 1 saturated carbocycles. The molecule has 0 radical (unpaired) electrons. The second kappa shape index (κ2) is 8.85. The van der Waals surface area contributed by atoms with E-state index in [-0.39, 0.29) is 16.8 Å². The van der Waals surface area contributed by atoms with Crippen LogP contribution < -0.4 is 5.32 Å². The zero-order valence-corrected chi connectivity index (χ0v) is 18.9. The first kappa shape index (κ1) is 21.6. The number of benzene rings is 2. The van der Waals surface area contributed by atoms with E-state index < -0.39 is 10.0 Å². The van der Waals surface area contributed by atoms with E-state index in [1.165, 1.54) is 24.8 Å².